The van der Waals surface area contributed by atoms with Crippen molar-refractivity contribution < 1.29 is 0 Å². The van der Waals surface area contributed by atoms with Gasteiger partial charge in [0.15, 0.2) is 0 Å². The molecule has 0 amide bonds. The van der Waals surface area contributed by atoms with Gasteiger partial charge in [-0.05, 0) is 54.4 Å². The second-order valence-corrected chi connectivity index (χ2v) is 6.50. The molecule has 0 radical (unpaired) electrons. The average Bonchev–Trinajstić information content (AvgIpc) is 2.70. The van der Waals surface area contributed by atoms with E-state index in [1.165, 1.54) is 30.4 Å². The second-order valence-electron chi connectivity index (χ2n) is 6.50. The molecule has 0 saturated heterocycles. The molecule has 18 heavy (non-hydrogen) atoms. The Balaban J connectivity index is 1.73. The van der Waals surface area contributed by atoms with Crippen LogP contribution in [0.15, 0.2) is 18.2 Å². The summed E-state index contributed by atoms with van der Waals surface area (Å²) in [5, 5.41) is 0. The van der Waals surface area contributed by atoms with E-state index in [1.807, 2.05) is 6.07 Å². The Bertz CT molecular complexity index is 431. The van der Waals surface area contributed by atoms with Gasteiger partial charge < -0.3 is 5.73 Å². The molecule has 2 nitrogen and oxygen atoms in total. The zero-order chi connectivity index (χ0) is 12.7. The van der Waals surface area contributed by atoms with Crippen LogP contribution in [0.2, 0.25) is 0 Å². The first-order valence-corrected chi connectivity index (χ1v) is 7.23. The molecule has 1 aliphatic carbocycles. The van der Waals surface area contributed by atoms with Crippen molar-refractivity contribution in [1.29, 1.82) is 0 Å². The number of benzene rings is 1. The minimum atomic E-state index is 0.775. The maximum Gasteiger partial charge on any atom is 0.0317 e. The van der Waals surface area contributed by atoms with Crippen LogP contribution >= 0.6 is 0 Å². The Kier molecular flexibility index (Phi) is 3.06. The molecular weight excluding hydrogens is 220 g/mol. The molecule has 2 N–H and O–H groups in total. The summed E-state index contributed by atoms with van der Waals surface area (Å²) in [5.74, 6) is 1.76. The van der Waals surface area contributed by atoms with Gasteiger partial charge >= 0.3 is 0 Å². The molecule has 0 spiro atoms. The first-order valence-electron chi connectivity index (χ1n) is 7.23. The Morgan fingerprint density at radius 2 is 1.67 bits per heavy atom. The van der Waals surface area contributed by atoms with Crippen LogP contribution in [-0.4, -0.2) is 10.9 Å². The van der Waals surface area contributed by atoms with Crippen molar-refractivity contribution in [3.05, 3.63) is 29.3 Å². The van der Waals surface area contributed by atoms with Crippen LogP contribution < -0.4 is 5.73 Å². The van der Waals surface area contributed by atoms with Crippen LogP contribution in [0, 0.1) is 11.8 Å². The number of hydrogen-bond acceptors (Lipinski definition) is 2. The monoisotopic (exact) mass is 244 g/mol. The SMILES string of the molecule is CC1CC(C)CC(N2Cc3ccc(N)cc3C2)C1. The van der Waals surface area contributed by atoms with Crippen molar-refractivity contribution in [3.8, 4) is 0 Å². The van der Waals surface area contributed by atoms with E-state index in [4.69, 9.17) is 5.73 Å². The predicted molar refractivity (Wildman–Crippen MR) is 76.1 cm³/mol. The van der Waals surface area contributed by atoms with E-state index >= 15 is 0 Å². The van der Waals surface area contributed by atoms with Gasteiger partial charge in [-0.3, -0.25) is 4.90 Å². The number of hydrogen-bond donors (Lipinski definition) is 1. The number of nitrogens with two attached hydrogens (primary N) is 1. The van der Waals surface area contributed by atoms with Crippen molar-refractivity contribution in [2.45, 2.75) is 52.2 Å². The maximum atomic E-state index is 5.88. The summed E-state index contributed by atoms with van der Waals surface area (Å²) >= 11 is 0. The second kappa shape index (κ2) is 4.58. The molecule has 0 bridgehead atoms. The van der Waals surface area contributed by atoms with Crippen LogP contribution in [0.3, 0.4) is 0 Å². The quantitative estimate of drug-likeness (QED) is 0.767. The highest BCUT2D eigenvalue weighted by molar-refractivity contribution is 5.46. The molecule has 98 valence electrons. The third-order valence-corrected chi connectivity index (χ3v) is 4.65. The fraction of sp³-hybridized carbons (Fsp3) is 0.625. The van der Waals surface area contributed by atoms with Crippen LogP contribution in [-0.2, 0) is 13.1 Å². The summed E-state index contributed by atoms with van der Waals surface area (Å²) < 4.78 is 0. The molecule has 2 aliphatic rings. The largest absolute Gasteiger partial charge is 0.399 e. The van der Waals surface area contributed by atoms with Crippen LogP contribution in [0.25, 0.3) is 0 Å². The fourth-order valence-electron chi connectivity index (χ4n) is 3.90. The smallest absolute Gasteiger partial charge is 0.0317 e. The van der Waals surface area contributed by atoms with Crippen molar-refractivity contribution in [2.24, 2.45) is 11.8 Å². The lowest BCUT2D eigenvalue weighted by Gasteiger charge is -2.37. The molecule has 2 atom stereocenters. The molecule has 1 aromatic rings. The minimum absolute atomic E-state index is 0.775. The molecule has 1 heterocycles. The fourth-order valence-corrected chi connectivity index (χ4v) is 3.90. The summed E-state index contributed by atoms with van der Waals surface area (Å²) in [6, 6.07) is 7.18. The Morgan fingerprint density at radius 3 is 2.39 bits per heavy atom. The summed E-state index contributed by atoms with van der Waals surface area (Å²) in [7, 11) is 0. The standard InChI is InChI=1S/C16H24N2/c1-11-5-12(2)7-16(6-11)18-9-13-3-4-15(17)8-14(13)10-18/h3-4,8,11-12,16H,5-7,9-10,17H2,1-2H3. The lowest BCUT2D eigenvalue weighted by molar-refractivity contribution is 0.108. The third kappa shape index (κ3) is 2.26. The molecule has 2 heteroatoms. The molecule has 1 aliphatic heterocycles. The predicted octanol–water partition coefficient (Wildman–Crippen LogP) is 3.41. The lowest BCUT2D eigenvalue weighted by Crippen LogP contribution is -2.37. The summed E-state index contributed by atoms with van der Waals surface area (Å²) in [6.07, 6.45) is 4.14. The van der Waals surface area contributed by atoms with Gasteiger partial charge in [-0.15, -0.1) is 0 Å². The summed E-state index contributed by atoms with van der Waals surface area (Å²) in [6.45, 7) is 7.04. The highest BCUT2D eigenvalue weighted by atomic mass is 15.2. The van der Waals surface area contributed by atoms with Crippen molar-refractivity contribution in [3.63, 3.8) is 0 Å². The highest BCUT2D eigenvalue weighted by Gasteiger charge is 2.31. The Hall–Kier alpha value is -1.02. The zero-order valence-electron chi connectivity index (χ0n) is 11.5. The van der Waals surface area contributed by atoms with Crippen molar-refractivity contribution >= 4 is 5.69 Å². The molecule has 1 fully saturated rings. The van der Waals surface area contributed by atoms with Crippen molar-refractivity contribution in [2.75, 3.05) is 5.73 Å². The van der Waals surface area contributed by atoms with Crippen molar-refractivity contribution in [1.82, 2.24) is 4.90 Å². The van der Waals surface area contributed by atoms with Gasteiger partial charge in [0, 0.05) is 24.8 Å². The van der Waals surface area contributed by atoms with E-state index in [2.05, 4.69) is 30.9 Å². The number of nitrogen functional groups attached to an aromatic ring is 1. The zero-order valence-corrected chi connectivity index (χ0v) is 11.5. The lowest BCUT2D eigenvalue weighted by atomic mass is 9.80. The molecular formula is C16H24N2. The number of anilines is 1. The number of nitrogens with zero attached hydrogens (tertiary/aromatic N) is 1. The van der Waals surface area contributed by atoms with Crippen LogP contribution in [0.1, 0.15) is 44.2 Å². The van der Waals surface area contributed by atoms with Gasteiger partial charge in [0.1, 0.15) is 0 Å². The Labute approximate surface area is 110 Å². The molecule has 1 aromatic carbocycles. The molecule has 0 aromatic heterocycles. The van der Waals surface area contributed by atoms with Crippen LogP contribution in [0.4, 0.5) is 5.69 Å². The van der Waals surface area contributed by atoms with Crippen LogP contribution in [0.5, 0.6) is 0 Å². The van der Waals surface area contributed by atoms with E-state index in [-0.39, 0.29) is 0 Å². The highest BCUT2D eigenvalue weighted by Crippen LogP contribution is 2.35. The van der Waals surface area contributed by atoms with Gasteiger partial charge in [0.2, 0.25) is 0 Å². The Morgan fingerprint density at radius 1 is 1.00 bits per heavy atom. The summed E-state index contributed by atoms with van der Waals surface area (Å²) in [4.78, 5) is 2.66. The molecule has 2 unspecified atom stereocenters. The van der Waals surface area contributed by atoms with E-state index in [9.17, 15) is 0 Å². The van der Waals surface area contributed by atoms with E-state index < -0.39 is 0 Å². The molecule has 3 rings (SSSR count). The first-order chi connectivity index (χ1) is 8.61. The van der Waals surface area contributed by atoms with E-state index in [0.717, 1.165) is 36.7 Å². The third-order valence-electron chi connectivity index (χ3n) is 4.65. The van der Waals surface area contributed by atoms with Gasteiger partial charge in [-0.25, -0.2) is 0 Å². The average molecular weight is 244 g/mol. The first kappa shape index (κ1) is 12.0. The minimum Gasteiger partial charge on any atom is -0.399 e. The van der Waals surface area contributed by atoms with Gasteiger partial charge in [0.05, 0.1) is 0 Å². The van der Waals surface area contributed by atoms with Gasteiger partial charge in [0.25, 0.3) is 0 Å². The van der Waals surface area contributed by atoms with Gasteiger partial charge in [-0.2, -0.15) is 0 Å². The maximum absolute atomic E-state index is 5.88. The normalized spacial score (nSPS) is 32.4. The van der Waals surface area contributed by atoms with E-state index in [1.54, 1.807) is 0 Å². The molecule has 1 saturated carbocycles. The number of rotatable bonds is 1. The topological polar surface area (TPSA) is 29.3 Å². The summed E-state index contributed by atoms with van der Waals surface area (Å²) in [5.41, 5.74) is 9.71. The number of fused-ring (bicyclic) bond motifs is 1. The van der Waals surface area contributed by atoms with E-state index in [0.29, 0.717) is 0 Å². The van der Waals surface area contributed by atoms with Gasteiger partial charge in [-0.1, -0.05) is 19.9 Å².